The van der Waals surface area contributed by atoms with Crippen LogP contribution in [0.15, 0.2) is 48.5 Å². The minimum atomic E-state index is -0.886. The Labute approximate surface area is 233 Å². The first-order valence-electron chi connectivity index (χ1n) is 14.2. The van der Waals surface area contributed by atoms with E-state index in [-0.39, 0.29) is 17.9 Å². The fourth-order valence-electron chi connectivity index (χ4n) is 4.72. The van der Waals surface area contributed by atoms with Crippen molar-refractivity contribution in [3.8, 4) is 0 Å². The van der Waals surface area contributed by atoms with Gasteiger partial charge in [0.1, 0.15) is 17.7 Å². The van der Waals surface area contributed by atoms with Crippen LogP contribution in [0.1, 0.15) is 88.1 Å². The Morgan fingerprint density at radius 3 is 2.31 bits per heavy atom. The van der Waals surface area contributed by atoms with Crippen LogP contribution in [0.5, 0.6) is 0 Å². The second kappa shape index (κ2) is 13.6. The molecule has 0 spiro atoms. The molecule has 0 saturated heterocycles. The Morgan fingerprint density at radius 2 is 1.69 bits per heavy atom. The second-order valence-electron chi connectivity index (χ2n) is 11.6. The summed E-state index contributed by atoms with van der Waals surface area (Å²) in [5.41, 5.74) is 3.07. The molecule has 0 bridgehead atoms. The lowest BCUT2D eigenvalue weighted by molar-refractivity contribution is -0.143. The molecule has 1 aliphatic rings. The largest absolute Gasteiger partial charge is 0.444 e. The molecule has 0 aliphatic heterocycles. The molecule has 7 nitrogen and oxygen atoms in total. The average molecular weight is 536 g/mol. The van der Waals surface area contributed by atoms with Crippen molar-refractivity contribution in [1.29, 1.82) is 0 Å². The van der Waals surface area contributed by atoms with Crippen molar-refractivity contribution in [3.05, 3.63) is 70.8 Å². The number of ether oxygens (including phenoxy) is 1. The molecule has 0 aromatic heterocycles. The minimum absolute atomic E-state index is 0.0671. The maximum atomic E-state index is 14.4. The van der Waals surface area contributed by atoms with E-state index in [1.165, 1.54) is 0 Å². The van der Waals surface area contributed by atoms with E-state index in [0.29, 0.717) is 13.0 Å². The maximum Gasteiger partial charge on any atom is 0.408 e. The maximum absolute atomic E-state index is 14.4. The molecule has 1 aliphatic carbocycles. The molecule has 212 valence electrons. The number of rotatable bonds is 12. The third-order valence-electron chi connectivity index (χ3n) is 7.01. The van der Waals surface area contributed by atoms with Crippen LogP contribution in [0, 0.1) is 13.8 Å². The van der Waals surface area contributed by atoms with Crippen molar-refractivity contribution >= 4 is 17.9 Å². The lowest BCUT2D eigenvalue weighted by Crippen LogP contribution is -2.54. The normalized spacial score (nSPS) is 14.7. The van der Waals surface area contributed by atoms with Crippen molar-refractivity contribution in [1.82, 2.24) is 15.5 Å². The van der Waals surface area contributed by atoms with E-state index in [1.807, 2.05) is 62.4 Å². The fraction of sp³-hybridized carbons (Fsp3) is 0.531. The number of hydrogen-bond donors (Lipinski definition) is 2. The summed E-state index contributed by atoms with van der Waals surface area (Å²) in [5.74, 6) is -0.461. The molecule has 1 fully saturated rings. The van der Waals surface area contributed by atoms with E-state index in [9.17, 15) is 14.4 Å². The quantitative estimate of drug-likeness (QED) is 0.337. The van der Waals surface area contributed by atoms with Gasteiger partial charge in [0.25, 0.3) is 0 Å². The second-order valence-corrected chi connectivity index (χ2v) is 11.6. The molecule has 2 atom stereocenters. The van der Waals surface area contributed by atoms with Crippen molar-refractivity contribution in [2.75, 3.05) is 6.54 Å². The molecule has 39 heavy (non-hydrogen) atoms. The highest BCUT2D eigenvalue weighted by molar-refractivity contribution is 5.93. The molecule has 3 rings (SSSR count). The first-order valence-corrected chi connectivity index (χ1v) is 14.2. The van der Waals surface area contributed by atoms with Gasteiger partial charge in [-0.25, -0.2) is 4.79 Å². The molecular weight excluding hydrogens is 490 g/mol. The van der Waals surface area contributed by atoms with Crippen molar-refractivity contribution in [2.24, 2.45) is 0 Å². The number of amides is 3. The fourth-order valence-corrected chi connectivity index (χ4v) is 4.72. The number of unbranched alkanes of at least 4 members (excludes halogenated alkanes) is 2. The average Bonchev–Trinajstić information content (AvgIpc) is 3.71. The summed E-state index contributed by atoms with van der Waals surface area (Å²) < 4.78 is 5.52. The Morgan fingerprint density at radius 1 is 1.00 bits per heavy atom. The summed E-state index contributed by atoms with van der Waals surface area (Å²) in [7, 11) is 0. The number of benzene rings is 2. The Balaban J connectivity index is 1.99. The predicted octanol–water partition coefficient (Wildman–Crippen LogP) is 5.78. The summed E-state index contributed by atoms with van der Waals surface area (Å²) in [6, 6.07) is 13.7. The van der Waals surface area contributed by atoms with Gasteiger partial charge in [0.05, 0.1) is 0 Å². The minimum Gasteiger partial charge on any atom is -0.444 e. The summed E-state index contributed by atoms with van der Waals surface area (Å²) >= 11 is 0. The van der Waals surface area contributed by atoms with Gasteiger partial charge in [-0.2, -0.15) is 0 Å². The van der Waals surface area contributed by atoms with Gasteiger partial charge in [0.2, 0.25) is 11.8 Å². The smallest absolute Gasteiger partial charge is 0.408 e. The van der Waals surface area contributed by atoms with E-state index >= 15 is 0 Å². The summed E-state index contributed by atoms with van der Waals surface area (Å²) in [4.78, 5) is 42.8. The number of hydrogen-bond acceptors (Lipinski definition) is 4. The van der Waals surface area contributed by atoms with Gasteiger partial charge in [-0.15, -0.1) is 0 Å². The number of carbonyl (C=O) groups is 3. The monoisotopic (exact) mass is 535 g/mol. The first-order chi connectivity index (χ1) is 18.5. The van der Waals surface area contributed by atoms with Gasteiger partial charge in [-0.05, 0) is 76.1 Å². The van der Waals surface area contributed by atoms with Crippen LogP contribution in [0.3, 0.4) is 0 Å². The summed E-state index contributed by atoms with van der Waals surface area (Å²) in [6.07, 6.45) is 4.25. The Kier molecular flexibility index (Phi) is 10.6. The lowest BCUT2D eigenvalue weighted by Gasteiger charge is -2.35. The summed E-state index contributed by atoms with van der Waals surface area (Å²) in [6.45, 7) is 12.1. The van der Waals surface area contributed by atoms with Gasteiger partial charge < -0.3 is 20.3 Å². The molecule has 7 heteroatoms. The van der Waals surface area contributed by atoms with Crippen LogP contribution in [-0.2, 0) is 20.7 Å². The standard InChI is InChI=1S/C32H45N3O4/c1-7-8-12-20-33-29(36)28(26-17-13-14-22(2)23(26)3)35(25-18-19-25)30(37)27(21-24-15-10-9-11-16-24)34-31(38)39-32(4,5)6/h9-11,13-17,25,27-28H,7-8,12,18-21H2,1-6H3,(H,33,36)(H,34,38). The van der Waals surface area contributed by atoms with Crippen molar-refractivity contribution in [3.63, 3.8) is 0 Å². The van der Waals surface area contributed by atoms with E-state index in [4.69, 9.17) is 4.74 Å². The third kappa shape index (κ3) is 8.84. The van der Waals surface area contributed by atoms with Crippen molar-refractivity contribution < 1.29 is 19.1 Å². The molecule has 1 saturated carbocycles. The van der Waals surface area contributed by atoms with Crippen LogP contribution in [0.25, 0.3) is 0 Å². The lowest BCUT2D eigenvalue weighted by atomic mass is 9.94. The van der Waals surface area contributed by atoms with E-state index < -0.39 is 23.8 Å². The molecule has 2 N–H and O–H groups in total. The highest BCUT2D eigenvalue weighted by atomic mass is 16.6. The highest BCUT2D eigenvalue weighted by Crippen LogP contribution is 2.37. The number of carbonyl (C=O) groups excluding carboxylic acids is 3. The van der Waals surface area contributed by atoms with Crippen LogP contribution in [0.4, 0.5) is 4.79 Å². The van der Waals surface area contributed by atoms with E-state index in [1.54, 1.807) is 25.7 Å². The van der Waals surface area contributed by atoms with Gasteiger partial charge in [0.15, 0.2) is 0 Å². The zero-order chi connectivity index (χ0) is 28.6. The van der Waals surface area contributed by atoms with Gasteiger partial charge >= 0.3 is 6.09 Å². The zero-order valence-corrected chi connectivity index (χ0v) is 24.4. The summed E-state index contributed by atoms with van der Waals surface area (Å²) in [5, 5.41) is 5.93. The number of nitrogens with zero attached hydrogens (tertiary/aromatic N) is 1. The predicted molar refractivity (Wildman–Crippen MR) is 154 cm³/mol. The van der Waals surface area contributed by atoms with E-state index in [0.717, 1.165) is 54.4 Å². The first kappa shape index (κ1) is 30.2. The van der Waals surface area contributed by atoms with Crippen molar-refractivity contribution in [2.45, 2.75) is 104 Å². The SMILES string of the molecule is CCCCCNC(=O)C(c1cccc(C)c1C)N(C(=O)C(Cc1ccccc1)NC(=O)OC(C)(C)C)C1CC1. The number of aryl methyl sites for hydroxylation is 1. The zero-order valence-electron chi connectivity index (χ0n) is 24.4. The Bertz CT molecular complexity index is 1120. The third-order valence-corrected chi connectivity index (χ3v) is 7.01. The molecule has 0 radical (unpaired) electrons. The van der Waals surface area contributed by atoms with Gasteiger partial charge in [-0.1, -0.05) is 68.3 Å². The van der Waals surface area contributed by atoms with Gasteiger partial charge in [-0.3, -0.25) is 9.59 Å². The van der Waals surface area contributed by atoms with Crippen LogP contribution >= 0.6 is 0 Å². The number of nitrogens with one attached hydrogen (secondary N) is 2. The van der Waals surface area contributed by atoms with Gasteiger partial charge in [0, 0.05) is 19.0 Å². The van der Waals surface area contributed by atoms with Crippen LogP contribution in [0.2, 0.25) is 0 Å². The molecule has 2 unspecified atom stereocenters. The Hall–Kier alpha value is -3.35. The molecule has 2 aromatic rings. The molecule has 0 heterocycles. The van der Waals surface area contributed by atoms with E-state index in [2.05, 4.69) is 17.6 Å². The molecule has 3 amide bonds. The van der Waals surface area contributed by atoms with Crippen LogP contribution in [-0.4, -0.2) is 47.0 Å². The van der Waals surface area contributed by atoms with Crippen LogP contribution < -0.4 is 10.6 Å². The molecule has 2 aromatic carbocycles. The highest BCUT2D eigenvalue weighted by Gasteiger charge is 2.44. The molecular formula is C32H45N3O4. The number of alkyl carbamates (subject to hydrolysis) is 1. The topological polar surface area (TPSA) is 87.7 Å².